The number of carbonyl (C=O) groups excluding carboxylic acids is 1. The molecule has 0 atom stereocenters. The summed E-state index contributed by atoms with van der Waals surface area (Å²) in [6.07, 6.45) is 4.22. The topological polar surface area (TPSA) is 56.7 Å². The summed E-state index contributed by atoms with van der Waals surface area (Å²) in [6, 6.07) is 8.67. The Labute approximate surface area is 167 Å². The number of halogens is 1. The summed E-state index contributed by atoms with van der Waals surface area (Å²) in [6.45, 7) is 6.31. The highest BCUT2D eigenvalue weighted by Crippen LogP contribution is 2.24. The minimum absolute atomic E-state index is 0.118. The lowest BCUT2D eigenvalue weighted by Gasteiger charge is -2.19. The predicted octanol–water partition coefficient (Wildman–Crippen LogP) is 4.89. The van der Waals surface area contributed by atoms with E-state index in [9.17, 15) is 4.79 Å². The van der Waals surface area contributed by atoms with E-state index in [1.54, 1.807) is 24.5 Å². The van der Waals surface area contributed by atoms with E-state index in [4.69, 9.17) is 20.8 Å². The molecule has 0 spiro atoms. The van der Waals surface area contributed by atoms with Gasteiger partial charge in [0.15, 0.2) is 0 Å². The van der Waals surface area contributed by atoms with E-state index >= 15 is 0 Å². The lowest BCUT2D eigenvalue weighted by atomic mass is 10.1. The fourth-order valence-electron chi connectivity index (χ4n) is 2.52. The Morgan fingerprint density at radius 3 is 2.74 bits per heavy atom. The molecule has 5 nitrogen and oxygen atoms in total. The monoisotopic (exact) mass is 404 g/mol. The van der Waals surface area contributed by atoms with Crippen molar-refractivity contribution in [2.24, 2.45) is 4.99 Å². The van der Waals surface area contributed by atoms with E-state index in [0.717, 1.165) is 11.3 Å². The third-order valence-electron chi connectivity index (χ3n) is 3.93. The molecule has 0 aliphatic carbocycles. The molecule has 0 saturated heterocycles. The molecule has 0 fully saturated rings. The van der Waals surface area contributed by atoms with Gasteiger partial charge in [-0.25, -0.2) is 0 Å². The van der Waals surface area contributed by atoms with Crippen molar-refractivity contribution in [1.29, 1.82) is 0 Å². The molecule has 27 heavy (non-hydrogen) atoms. The van der Waals surface area contributed by atoms with Crippen molar-refractivity contribution in [3.63, 3.8) is 0 Å². The average Bonchev–Trinajstić information content (AvgIpc) is 3.25. The van der Waals surface area contributed by atoms with Gasteiger partial charge >= 0.3 is 0 Å². The molecule has 0 aliphatic heterocycles. The Bertz CT molecular complexity index is 1010. The van der Waals surface area contributed by atoms with Crippen LogP contribution in [-0.4, -0.2) is 17.0 Å². The third kappa shape index (κ3) is 4.51. The number of hydrogen-bond acceptors (Lipinski definition) is 4. The molecule has 7 heteroatoms. The number of amides is 1. The normalized spacial score (nSPS) is 12.4. The van der Waals surface area contributed by atoms with Crippen LogP contribution in [0.25, 0.3) is 0 Å². The molecule has 0 N–H and O–H groups in total. The first-order chi connectivity index (χ1) is 12.8. The minimum Gasteiger partial charge on any atom is -0.496 e. The number of nitrogens with zero attached hydrogens (tertiary/aromatic N) is 2. The van der Waals surface area contributed by atoms with E-state index in [0.29, 0.717) is 27.4 Å². The first-order valence-electron chi connectivity index (χ1n) is 8.45. The van der Waals surface area contributed by atoms with Crippen LogP contribution in [0.15, 0.2) is 52.2 Å². The molecular formula is C20H21ClN2O3S. The van der Waals surface area contributed by atoms with Gasteiger partial charge in [-0.2, -0.15) is 4.99 Å². The zero-order chi connectivity index (χ0) is 19.6. The van der Waals surface area contributed by atoms with Crippen molar-refractivity contribution in [1.82, 2.24) is 3.96 Å². The number of furan rings is 1. The van der Waals surface area contributed by atoms with Crippen molar-refractivity contribution >= 4 is 29.0 Å². The number of ether oxygens (including phenoxy) is 1. The summed E-state index contributed by atoms with van der Waals surface area (Å²) in [7, 11) is 1.51. The fourth-order valence-corrected chi connectivity index (χ4v) is 3.70. The Balaban J connectivity index is 2.07. The molecule has 142 valence electrons. The number of hydrogen-bond donors (Lipinski definition) is 0. The molecule has 0 aliphatic rings. The summed E-state index contributed by atoms with van der Waals surface area (Å²) in [5, 5.41) is 0.459. The van der Waals surface area contributed by atoms with Crippen LogP contribution < -0.4 is 9.41 Å². The van der Waals surface area contributed by atoms with Gasteiger partial charge in [0.25, 0.3) is 5.91 Å². The van der Waals surface area contributed by atoms with E-state index in [2.05, 4.69) is 29.7 Å². The largest absolute Gasteiger partial charge is 0.496 e. The molecule has 1 aromatic carbocycles. The molecule has 3 aromatic rings. The van der Waals surface area contributed by atoms with Crippen LogP contribution in [0.5, 0.6) is 5.75 Å². The maximum absolute atomic E-state index is 12.8. The average molecular weight is 405 g/mol. The quantitative estimate of drug-likeness (QED) is 0.622. The van der Waals surface area contributed by atoms with Crippen molar-refractivity contribution in [2.45, 2.75) is 32.7 Å². The van der Waals surface area contributed by atoms with Gasteiger partial charge < -0.3 is 9.15 Å². The molecule has 1 amide bonds. The standard InChI is InChI=1S/C20H21ClN2O3S/c1-20(2,3)23-12-13(10-15-6-5-9-26-15)19(27-23)22-18(24)16-11-14(21)7-8-17(16)25-4/h5-9,11-12H,10H2,1-4H3. The van der Waals surface area contributed by atoms with Crippen LogP contribution in [-0.2, 0) is 12.0 Å². The van der Waals surface area contributed by atoms with Gasteiger partial charge in [0.1, 0.15) is 16.2 Å². The highest BCUT2D eigenvalue weighted by molar-refractivity contribution is 7.04. The van der Waals surface area contributed by atoms with Gasteiger partial charge in [-0.3, -0.25) is 8.75 Å². The fraction of sp³-hybridized carbons (Fsp3) is 0.300. The highest BCUT2D eigenvalue weighted by atomic mass is 35.5. The molecule has 0 saturated carbocycles. The predicted molar refractivity (Wildman–Crippen MR) is 107 cm³/mol. The van der Waals surface area contributed by atoms with Gasteiger partial charge in [-0.1, -0.05) is 11.6 Å². The van der Waals surface area contributed by atoms with E-state index in [1.807, 2.05) is 18.3 Å². The van der Waals surface area contributed by atoms with Crippen LogP contribution in [0.4, 0.5) is 0 Å². The second kappa shape index (κ2) is 7.74. The summed E-state index contributed by atoms with van der Waals surface area (Å²) < 4.78 is 13.5. The minimum atomic E-state index is -0.391. The zero-order valence-corrected chi connectivity index (χ0v) is 17.2. The molecule has 0 bridgehead atoms. The van der Waals surface area contributed by atoms with Crippen molar-refractivity contribution in [3.05, 3.63) is 69.4 Å². The number of rotatable bonds is 4. The molecule has 2 aromatic heterocycles. The number of methoxy groups -OCH3 is 1. The lowest BCUT2D eigenvalue weighted by Crippen LogP contribution is -2.18. The van der Waals surface area contributed by atoms with Gasteiger partial charge in [-0.15, -0.1) is 0 Å². The third-order valence-corrected chi connectivity index (χ3v) is 5.54. The smallest absolute Gasteiger partial charge is 0.282 e. The second-order valence-electron chi connectivity index (χ2n) is 7.07. The second-order valence-corrected chi connectivity index (χ2v) is 8.46. The molecule has 0 radical (unpaired) electrons. The number of aromatic nitrogens is 1. The Hall–Kier alpha value is -2.31. The Morgan fingerprint density at radius 1 is 1.33 bits per heavy atom. The maximum Gasteiger partial charge on any atom is 0.282 e. The van der Waals surface area contributed by atoms with E-state index in [1.165, 1.54) is 18.6 Å². The van der Waals surface area contributed by atoms with Crippen LogP contribution >= 0.6 is 23.1 Å². The summed E-state index contributed by atoms with van der Waals surface area (Å²) in [5.41, 5.74) is 1.15. The lowest BCUT2D eigenvalue weighted by molar-refractivity contribution is 0.0996. The van der Waals surface area contributed by atoms with Crippen molar-refractivity contribution in [2.75, 3.05) is 7.11 Å². The van der Waals surface area contributed by atoms with Gasteiger partial charge in [0.05, 0.1) is 18.9 Å². The van der Waals surface area contributed by atoms with Crippen LogP contribution in [0.3, 0.4) is 0 Å². The number of carbonyl (C=O) groups is 1. The summed E-state index contributed by atoms with van der Waals surface area (Å²) in [5.74, 6) is 0.872. The summed E-state index contributed by atoms with van der Waals surface area (Å²) >= 11 is 7.49. The van der Waals surface area contributed by atoms with Crippen molar-refractivity contribution in [3.8, 4) is 5.75 Å². The van der Waals surface area contributed by atoms with Crippen LogP contribution in [0.1, 0.15) is 42.5 Å². The SMILES string of the molecule is COc1ccc(Cl)cc1C(=O)N=c1sn(C(C)(C)C)cc1Cc1ccco1. The number of benzene rings is 1. The van der Waals surface area contributed by atoms with E-state index in [-0.39, 0.29) is 5.54 Å². The summed E-state index contributed by atoms with van der Waals surface area (Å²) in [4.78, 5) is 17.2. The molecule has 2 heterocycles. The highest BCUT2D eigenvalue weighted by Gasteiger charge is 2.18. The van der Waals surface area contributed by atoms with Crippen LogP contribution in [0.2, 0.25) is 5.02 Å². The zero-order valence-electron chi connectivity index (χ0n) is 15.7. The first kappa shape index (κ1) is 19.5. The Morgan fingerprint density at radius 2 is 2.11 bits per heavy atom. The van der Waals surface area contributed by atoms with E-state index < -0.39 is 5.91 Å². The van der Waals surface area contributed by atoms with Gasteiger partial charge in [0, 0.05) is 28.7 Å². The molecule has 3 rings (SSSR count). The molecular weight excluding hydrogens is 384 g/mol. The Kier molecular flexibility index (Phi) is 5.58. The maximum atomic E-state index is 12.8. The van der Waals surface area contributed by atoms with Crippen molar-refractivity contribution < 1.29 is 13.9 Å². The van der Waals surface area contributed by atoms with Crippen LogP contribution in [0, 0.1) is 0 Å². The van der Waals surface area contributed by atoms with Gasteiger partial charge in [-0.05, 0) is 62.6 Å². The van der Waals surface area contributed by atoms with Gasteiger partial charge in [0.2, 0.25) is 0 Å². The molecule has 0 unspecified atom stereocenters. The first-order valence-corrected chi connectivity index (χ1v) is 9.60.